The van der Waals surface area contributed by atoms with E-state index in [2.05, 4.69) is 11.9 Å². The van der Waals surface area contributed by atoms with Gasteiger partial charge in [-0.05, 0) is 48.6 Å². The van der Waals surface area contributed by atoms with Crippen LogP contribution in [0.4, 0.5) is 0 Å². The molecule has 1 aliphatic rings. The molecule has 1 fully saturated rings. The Morgan fingerprint density at radius 1 is 1.11 bits per heavy atom. The Kier molecular flexibility index (Phi) is 7.28. The molecule has 1 saturated heterocycles. The zero-order valence-corrected chi connectivity index (χ0v) is 21.1. The Balaban J connectivity index is 1.54. The Hall–Kier alpha value is -3.71. The molecule has 1 amide bonds. The summed E-state index contributed by atoms with van der Waals surface area (Å²) in [4.78, 5) is 36.9. The lowest BCUT2D eigenvalue weighted by molar-refractivity contribution is -0.123. The van der Waals surface area contributed by atoms with Gasteiger partial charge in [0.2, 0.25) is 0 Å². The number of carbonyl (C=O) groups is 1. The number of rotatable bonds is 8. The number of amides is 1. The molecule has 0 aliphatic carbocycles. The number of benzene rings is 2. The maximum Gasteiger partial charge on any atom is 0.260 e. The molecule has 36 heavy (non-hydrogen) atoms. The molecule has 1 aliphatic heterocycles. The minimum Gasteiger partial charge on any atom is -0.494 e. The predicted molar refractivity (Wildman–Crippen MR) is 146 cm³/mol. The smallest absolute Gasteiger partial charge is 0.260 e. The van der Waals surface area contributed by atoms with Crippen molar-refractivity contribution in [2.45, 2.75) is 32.6 Å². The van der Waals surface area contributed by atoms with E-state index >= 15 is 0 Å². The first-order chi connectivity index (χ1) is 17.6. The van der Waals surface area contributed by atoms with Gasteiger partial charge in [-0.1, -0.05) is 55.8 Å². The number of nitrogens with zero attached hydrogens (tertiary/aromatic N) is 2. The van der Waals surface area contributed by atoms with Gasteiger partial charge in [0.15, 0.2) is 0 Å². The van der Waals surface area contributed by atoms with Gasteiger partial charge in [-0.3, -0.25) is 9.59 Å². The summed E-state index contributed by atoms with van der Waals surface area (Å²) < 4.78 is 5.77. The van der Waals surface area contributed by atoms with Gasteiger partial charge in [-0.25, -0.2) is 4.98 Å². The molecule has 7 heteroatoms. The van der Waals surface area contributed by atoms with Gasteiger partial charge >= 0.3 is 0 Å². The number of aromatic amines is 1. The van der Waals surface area contributed by atoms with Crippen LogP contribution in [-0.2, 0) is 4.79 Å². The lowest BCUT2D eigenvalue weighted by Gasteiger charge is -2.17. The standard InChI is InChI=1S/C29H29N3O3S/c1-2-3-17-35-22-13-11-20(12-14-22)18-23(29(34)32-15-7-8-16-32)26-30-27(33)25-24(19-36-28(25)31-26)21-9-5-4-6-10-21/h4-6,9-14,18-19H,2-3,7-8,15-17H2,1H3,(H,30,31,33)/b23-18+. The first-order valence-corrected chi connectivity index (χ1v) is 13.3. The van der Waals surface area contributed by atoms with E-state index in [1.807, 2.05) is 71.0 Å². The third-order valence-corrected chi connectivity index (χ3v) is 7.24. The van der Waals surface area contributed by atoms with Crippen LogP contribution in [0.1, 0.15) is 44.0 Å². The molecule has 0 spiro atoms. The molecule has 184 valence electrons. The molecule has 1 N–H and O–H groups in total. The van der Waals surface area contributed by atoms with Gasteiger partial charge in [0, 0.05) is 24.0 Å². The number of H-pyrrole nitrogens is 1. The van der Waals surface area contributed by atoms with Crippen molar-refractivity contribution in [3.8, 4) is 16.9 Å². The lowest BCUT2D eigenvalue weighted by atomic mass is 10.1. The van der Waals surface area contributed by atoms with Gasteiger partial charge in [-0.15, -0.1) is 11.3 Å². The number of carbonyl (C=O) groups excluding carboxylic acids is 1. The molecular weight excluding hydrogens is 470 g/mol. The summed E-state index contributed by atoms with van der Waals surface area (Å²) in [6, 6.07) is 17.5. The highest BCUT2D eigenvalue weighted by atomic mass is 32.1. The van der Waals surface area contributed by atoms with Crippen molar-refractivity contribution >= 4 is 39.1 Å². The van der Waals surface area contributed by atoms with Crippen molar-refractivity contribution in [2.24, 2.45) is 0 Å². The molecule has 0 bridgehead atoms. The number of hydrogen-bond donors (Lipinski definition) is 1. The van der Waals surface area contributed by atoms with E-state index in [1.54, 1.807) is 0 Å². The molecule has 3 heterocycles. The fourth-order valence-electron chi connectivity index (χ4n) is 4.39. The van der Waals surface area contributed by atoms with Crippen molar-refractivity contribution in [2.75, 3.05) is 19.7 Å². The van der Waals surface area contributed by atoms with Crippen molar-refractivity contribution < 1.29 is 9.53 Å². The molecule has 2 aromatic carbocycles. The predicted octanol–water partition coefficient (Wildman–Crippen LogP) is 5.99. The fraction of sp³-hybridized carbons (Fsp3) is 0.276. The quantitative estimate of drug-likeness (QED) is 0.239. The highest BCUT2D eigenvalue weighted by molar-refractivity contribution is 7.17. The SMILES string of the molecule is CCCCOc1ccc(/C=C(/C(=O)N2CCCC2)c2nc3scc(-c4ccccc4)c3c(=O)[nH]2)cc1. The van der Waals surface area contributed by atoms with Crippen molar-refractivity contribution in [1.82, 2.24) is 14.9 Å². The van der Waals surface area contributed by atoms with Gasteiger partial charge in [0.1, 0.15) is 16.4 Å². The van der Waals surface area contributed by atoms with Crippen LogP contribution < -0.4 is 10.3 Å². The Labute approximate surface area is 214 Å². The molecular formula is C29H29N3O3S. The largest absolute Gasteiger partial charge is 0.494 e. The normalized spacial score (nSPS) is 13.9. The topological polar surface area (TPSA) is 75.3 Å². The number of aromatic nitrogens is 2. The molecule has 0 atom stereocenters. The number of likely N-dealkylation sites (tertiary alicyclic amines) is 1. The van der Waals surface area contributed by atoms with Gasteiger partial charge in [0.25, 0.3) is 11.5 Å². The zero-order valence-electron chi connectivity index (χ0n) is 20.3. The number of ether oxygens (including phenoxy) is 1. The van der Waals surface area contributed by atoms with Gasteiger partial charge in [0.05, 0.1) is 17.6 Å². The summed E-state index contributed by atoms with van der Waals surface area (Å²) >= 11 is 1.42. The van der Waals surface area contributed by atoms with E-state index in [1.165, 1.54) is 11.3 Å². The summed E-state index contributed by atoms with van der Waals surface area (Å²) in [5.74, 6) is 0.986. The number of thiophene rings is 1. The molecule has 2 aromatic heterocycles. The highest BCUT2D eigenvalue weighted by Gasteiger charge is 2.25. The first kappa shape index (κ1) is 24.0. The summed E-state index contributed by atoms with van der Waals surface area (Å²) in [5.41, 5.74) is 2.82. The lowest BCUT2D eigenvalue weighted by Crippen LogP contribution is -2.29. The van der Waals surface area contributed by atoms with E-state index in [-0.39, 0.29) is 11.5 Å². The fourth-order valence-corrected chi connectivity index (χ4v) is 5.34. The molecule has 0 saturated carbocycles. The van der Waals surface area contributed by atoms with Crippen LogP contribution in [0.25, 0.3) is 33.0 Å². The average Bonchev–Trinajstić information content (AvgIpc) is 3.59. The van der Waals surface area contributed by atoms with Crippen LogP contribution in [0.5, 0.6) is 5.75 Å². The van der Waals surface area contributed by atoms with E-state index < -0.39 is 0 Å². The summed E-state index contributed by atoms with van der Waals surface area (Å²) in [6.45, 7) is 4.24. The van der Waals surface area contributed by atoms with Crippen LogP contribution in [0.15, 0.2) is 64.8 Å². The third kappa shape index (κ3) is 5.11. The second-order valence-electron chi connectivity index (χ2n) is 8.94. The second kappa shape index (κ2) is 10.9. The second-order valence-corrected chi connectivity index (χ2v) is 9.80. The highest BCUT2D eigenvalue weighted by Crippen LogP contribution is 2.31. The van der Waals surface area contributed by atoms with E-state index in [0.717, 1.165) is 48.1 Å². The van der Waals surface area contributed by atoms with Gasteiger partial charge in [-0.2, -0.15) is 0 Å². The molecule has 6 nitrogen and oxygen atoms in total. The Morgan fingerprint density at radius 3 is 2.58 bits per heavy atom. The first-order valence-electron chi connectivity index (χ1n) is 12.4. The van der Waals surface area contributed by atoms with E-state index in [4.69, 9.17) is 9.72 Å². The minimum atomic E-state index is -0.241. The third-order valence-electron chi connectivity index (χ3n) is 6.37. The number of hydrogen-bond acceptors (Lipinski definition) is 5. The minimum absolute atomic E-state index is 0.113. The molecule has 4 aromatic rings. The van der Waals surface area contributed by atoms with Crippen LogP contribution in [0, 0.1) is 0 Å². The molecule has 5 rings (SSSR count). The summed E-state index contributed by atoms with van der Waals surface area (Å²) in [6.07, 6.45) is 5.86. The Bertz CT molecular complexity index is 1430. The average molecular weight is 500 g/mol. The number of fused-ring (bicyclic) bond motifs is 1. The maximum absolute atomic E-state index is 13.5. The van der Waals surface area contributed by atoms with Crippen LogP contribution >= 0.6 is 11.3 Å². The van der Waals surface area contributed by atoms with Crippen LogP contribution in [0.2, 0.25) is 0 Å². The van der Waals surface area contributed by atoms with E-state index in [0.29, 0.717) is 41.3 Å². The number of nitrogens with one attached hydrogen (secondary N) is 1. The monoisotopic (exact) mass is 499 g/mol. The van der Waals surface area contributed by atoms with Crippen LogP contribution in [-0.4, -0.2) is 40.5 Å². The summed E-state index contributed by atoms with van der Waals surface area (Å²) in [7, 11) is 0. The van der Waals surface area contributed by atoms with Crippen molar-refractivity contribution in [3.05, 3.63) is 81.7 Å². The number of unbranched alkanes of at least 4 members (excludes halogenated alkanes) is 1. The summed E-state index contributed by atoms with van der Waals surface area (Å²) in [5, 5.41) is 2.51. The van der Waals surface area contributed by atoms with E-state index in [9.17, 15) is 9.59 Å². The zero-order chi connectivity index (χ0) is 24.9. The Morgan fingerprint density at radius 2 is 1.86 bits per heavy atom. The molecule has 0 radical (unpaired) electrons. The maximum atomic E-state index is 13.5. The molecule has 0 unspecified atom stereocenters. The van der Waals surface area contributed by atoms with Crippen molar-refractivity contribution in [1.29, 1.82) is 0 Å². The van der Waals surface area contributed by atoms with Crippen LogP contribution in [0.3, 0.4) is 0 Å². The van der Waals surface area contributed by atoms with Crippen molar-refractivity contribution in [3.63, 3.8) is 0 Å². The van der Waals surface area contributed by atoms with Gasteiger partial charge < -0.3 is 14.6 Å².